The van der Waals surface area contributed by atoms with Crippen molar-refractivity contribution in [2.24, 2.45) is 5.92 Å². The van der Waals surface area contributed by atoms with Crippen molar-refractivity contribution < 1.29 is 9.53 Å². The highest BCUT2D eigenvalue weighted by Gasteiger charge is 2.19. The fourth-order valence-electron chi connectivity index (χ4n) is 3.76. The topological polar surface area (TPSA) is 26.3 Å². The average Bonchev–Trinajstić information content (AvgIpc) is 2.70. The summed E-state index contributed by atoms with van der Waals surface area (Å²) in [6, 6.07) is 0. The van der Waals surface area contributed by atoms with Crippen LogP contribution in [0.4, 0.5) is 0 Å². The molecular formula is C26H50O2. The smallest absolute Gasteiger partial charge is 0.308 e. The number of carbonyl (C=O) groups excluding carboxylic acids is 1. The summed E-state index contributed by atoms with van der Waals surface area (Å²) in [6.07, 6.45) is 25.2. The molecule has 2 nitrogen and oxygen atoms in total. The minimum atomic E-state index is 0.0797. The lowest BCUT2D eigenvalue weighted by molar-refractivity contribution is -0.149. The van der Waals surface area contributed by atoms with Gasteiger partial charge in [-0.15, -0.1) is 6.58 Å². The third kappa shape index (κ3) is 18.6. The SMILES string of the molecule is C=CCCCCCCCCOC(=O)C(CCCCCC)CCCCCCCC. The number of ether oxygens (including phenoxy) is 1. The molecule has 0 rings (SSSR count). The van der Waals surface area contributed by atoms with Crippen LogP contribution in [0.2, 0.25) is 0 Å². The molecule has 0 aromatic carbocycles. The molecule has 0 N–H and O–H groups in total. The van der Waals surface area contributed by atoms with E-state index in [0.717, 1.165) is 25.7 Å². The van der Waals surface area contributed by atoms with Gasteiger partial charge in [0.15, 0.2) is 0 Å². The van der Waals surface area contributed by atoms with Gasteiger partial charge in [0.1, 0.15) is 0 Å². The highest BCUT2D eigenvalue weighted by Crippen LogP contribution is 2.20. The molecule has 2 heteroatoms. The number of allylic oxidation sites excluding steroid dienone is 1. The largest absolute Gasteiger partial charge is 0.465 e. The van der Waals surface area contributed by atoms with E-state index in [1.807, 2.05) is 6.08 Å². The number of hydrogen-bond acceptors (Lipinski definition) is 2. The normalized spacial score (nSPS) is 12.1. The molecule has 166 valence electrons. The molecule has 0 heterocycles. The van der Waals surface area contributed by atoms with Crippen molar-refractivity contribution in [3.05, 3.63) is 12.7 Å². The molecular weight excluding hydrogens is 344 g/mol. The van der Waals surface area contributed by atoms with Crippen LogP contribution in [0, 0.1) is 5.92 Å². The Bertz CT molecular complexity index is 337. The Morgan fingerprint density at radius 2 is 1.18 bits per heavy atom. The van der Waals surface area contributed by atoms with Crippen molar-refractivity contribution in [2.75, 3.05) is 6.61 Å². The molecule has 1 unspecified atom stereocenters. The van der Waals surface area contributed by atoms with Crippen LogP contribution in [-0.2, 0) is 9.53 Å². The van der Waals surface area contributed by atoms with E-state index in [0.29, 0.717) is 6.61 Å². The Balaban J connectivity index is 3.91. The number of esters is 1. The van der Waals surface area contributed by atoms with E-state index in [1.54, 1.807) is 0 Å². The summed E-state index contributed by atoms with van der Waals surface area (Å²) in [5.74, 6) is 0.220. The van der Waals surface area contributed by atoms with Gasteiger partial charge in [-0.05, 0) is 32.1 Å². The Kier molecular flexibility index (Phi) is 21.9. The molecule has 0 aromatic heterocycles. The van der Waals surface area contributed by atoms with E-state index >= 15 is 0 Å². The minimum absolute atomic E-state index is 0.0797. The highest BCUT2D eigenvalue weighted by molar-refractivity contribution is 5.72. The van der Waals surface area contributed by atoms with Gasteiger partial charge >= 0.3 is 5.97 Å². The number of hydrogen-bond donors (Lipinski definition) is 0. The Hall–Kier alpha value is -0.790. The third-order valence-corrected chi connectivity index (χ3v) is 5.69. The molecule has 0 aliphatic carbocycles. The lowest BCUT2D eigenvalue weighted by Crippen LogP contribution is -2.18. The van der Waals surface area contributed by atoms with Crippen molar-refractivity contribution in [1.29, 1.82) is 0 Å². The summed E-state index contributed by atoms with van der Waals surface area (Å²) < 4.78 is 5.65. The fraction of sp³-hybridized carbons (Fsp3) is 0.885. The van der Waals surface area contributed by atoms with Gasteiger partial charge in [-0.3, -0.25) is 4.79 Å². The number of carbonyl (C=O) groups is 1. The van der Waals surface area contributed by atoms with Crippen LogP contribution in [0.15, 0.2) is 12.7 Å². The predicted octanol–water partition coefficient (Wildman–Crippen LogP) is 8.78. The second-order valence-electron chi connectivity index (χ2n) is 8.47. The van der Waals surface area contributed by atoms with Gasteiger partial charge in [0.25, 0.3) is 0 Å². The van der Waals surface area contributed by atoms with Gasteiger partial charge in [0.05, 0.1) is 12.5 Å². The fourth-order valence-corrected chi connectivity index (χ4v) is 3.76. The van der Waals surface area contributed by atoms with Crippen molar-refractivity contribution >= 4 is 5.97 Å². The molecule has 0 aliphatic heterocycles. The zero-order chi connectivity index (χ0) is 20.7. The van der Waals surface area contributed by atoms with Gasteiger partial charge in [0, 0.05) is 0 Å². The van der Waals surface area contributed by atoms with Crippen LogP contribution < -0.4 is 0 Å². The Labute approximate surface area is 176 Å². The van der Waals surface area contributed by atoms with E-state index in [2.05, 4.69) is 20.4 Å². The molecule has 0 aliphatic rings. The second kappa shape index (κ2) is 22.5. The summed E-state index contributed by atoms with van der Waals surface area (Å²) in [5, 5.41) is 0. The van der Waals surface area contributed by atoms with E-state index < -0.39 is 0 Å². The van der Waals surface area contributed by atoms with E-state index in [4.69, 9.17) is 4.74 Å². The van der Waals surface area contributed by atoms with Crippen LogP contribution in [-0.4, -0.2) is 12.6 Å². The molecule has 0 fully saturated rings. The van der Waals surface area contributed by atoms with Crippen LogP contribution in [0.25, 0.3) is 0 Å². The number of unbranched alkanes of at least 4 members (excludes halogenated alkanes) is 14. The van der Waals surface area contributed by atoms with Crippen LogP contribution in [0.1, 0.15) is 136 Å². The first-order valence-electron chi connectivity index (χ1n) is 12.5. The molecule has 0 bridgehead atoms. The van der Waals surface area contributed by atoms with E-state index in [1.165, 1.54) is 96.3 Å². The van der Waals surface area contributed by atoms with Gasteiger partial charge in [-0.2, -0.15) is 0 Å². The van der Waals surface area contributed by atoms with Crippen molar-refractivity contribution in [1.82, 2.24) is 0 Å². The third-order valence-electron chi connectivity index (χ3n) is 5.69. The second-order valence-corrected chi connectivity index (χ2v) is 8.47. The summed E-state index contributed by atoms with van der Waals surface area (Å²) in [4.78, 5) is 12.5. The molecule has 0 aromatic rings. The van der Waals surface area contributed by atoms with Crippen molar-refractivity contribution in [3.63, 3.8) is 0 Å². The first kappa shape index (κ1) is 27.2. The molecule has 0 amide bonds. The first-order chi connectivity index (χ1) is 13.8. The van der Waals surface area contributed by atoms with E-state index in [-0.39, 0.29) is 11.9 Å². The molecule has 0 radical (unpaired) electrons. The minimum Gasteiger partial charge on any atom is -0.465 e. The first-order valence-corrected chi connectivity index (χ1v) is 12.5. The Morgan fingerprint density at radius 3 is 1.75 bits per heavy atom. The maximum atomic E-state index is 12.5. The predicted molar refractivity (Wildman–Crippen MR) is 124 cm³/mol. The summed E-state index contributed by atoms with van der Waals surface area (Å²) in [5.41, 5.74) is 0. The van der Waals surface area contributed by atoms with Crippen LogP contribution in [0.3, 0.4) is 0 Å². The van der Waals surface area contributed by atoms with Crippen molar-refractivity contribution in [2.45, 2.75) is 136 Å². The number of rotatable bonds is 22. The summed E-state index contributed by atoms with van der Waals surface area (Å²) in [6.45, 7) is 8.88. The molecule has 28 heavy (non-hydrogen) atoms. The molecule has 0 saturated carbocycles. The maximum Gasteiger partial charge on any atom is 0.308 e. The Morgan fingerprint density at radius 1 is 0.714 bits per heavy atom. The zero-order valence-corrected chi connectivity index (χ0v) is 19.3. The lowest BCUT2D eigenvalue weighted by Gasteiger charge is -2.16. The zero-order valence-electron chi connectivity index (χ0n) is 19.3. The van der Waals surface area contributed by atoms with Crippen molar-refractivity contribution in [3.8, 4) is 0 Å². The van der Waals surface area contributed by atoms with Gasteiger partial charge in [-0.1, -0.05) is 110 Å². The highest BCUT2D eigenvalue weighted by atomic mass is 16.5. The standard InChI is InChI=1S/C26H50O2/c1-4-7-10-13-15-16-18-21-24-28-26(27)25(22-19-12-9-6-3)23-20-17-14-11-8-5-2/h4,25H,1,5-24H2,2-3H3. The monoisotopic (exact) mass is 394 g/mol. The van der Waals surface area contributed by atoms with Gasteiger partial charge < -0.3 is 4.74 Å². The van der Waals surface area contributed by atoms with Gasteiger partial charge in [0.2, 0.25) is 0 Å². The summed E-state index contributed by atoms with van der Waals surface area (Å²) in [7, 11) is 0. The van der Waals surface area contributed by atoms with E-state index in [9.17, 15) is 4.79 Å². The quantitative estimate of drug-likeness (QED) is 0.104. The molecule has 0 saturated heterocycles. The molecule has 1 atom stereocenters. The average molecular weight is 395 g/mol. The lowest BCUT2D eigenvalue weighted by atomic mass is 9.94. The van der Waals surface area contributed by atoms with Crippen LogP contribution >= 0.6 is 0 Å². The summed E-state index contributed by atoms with van der Waals surface area (Å²) >= 11 is 0. The van der Waals surface area contributed by atoms with Crippen LogP contribution in [0.5, 0.6) is 0 Å². The maximum absolute atomic E-state index is 12.5. The van der Waals surface area contributed by atoms with Gasteiger partial charge in [-0.25, -0.2) is 0 Å². The molecule has 0 spiro atoms.